The van der Waals surface area contributed by atoms with Gasteiger partial charge < -0.3 is 9.84 Å². The van der Waals surface area contributed by atoms with E-state index in [9.17, 15) is 5.11 Å². The predicted molar refractivity (Wildman–Crippen MR) is 64.5 cm³/mol. The highest BCUT2D eigenvalue weighted by Crippen LogP contribution is 2.47. The second-order valence-corrected chi connectivity index (χ2v) is 5.04. The van der Waals surface area contributed by atoms with Crippen molar-refractivity contribution in [2.75, 3.05) is 7.11 Å². The van der Waals surface area contributed by atoms with Crippen LogP contribution in [0.2, 0.25) is 0 Å². The van der Waals surface area contributed by atoms with Crippen LogP contribution >= 0.6 is 0 Å². The third kappa shape index (κ3) is 2.07. The van der Waals surface area contributed by atoms with Crippen LogP contribution < -0.4 is 4.74 Å². The van der Waals surface area contributed by atoms with Crippen LogP contribution in [0.4, 0.5) is 0 Å². The van der Waals surface area contributed by atoms with Gasteiger partial charge in [0, 0.05) is 0 Å². The largest absolute Gasteiger partial charge is 0.497 e. The lowest BCUT2D eigenvalue weighted by Gasteiger charge is -2.30. The van der Waals surface area contributed by atoms with Crippen LogP contribution in [0.15, 0.2) is 24.3 Å². The van der Waals surface area contributed by atoms with Crippen molar-refractivity contribution in [3.05, 3.63) is 29.8 Å². The topological polar surface area (TPSA) is 29.5 Å². The smallest absolute Gasteiger partial charge is 0.118 e. The van der Waals surface area contributed by atoms with Crippen molar-refractivity contribution < 1.29 is 9.84 Å². The lowest BCUT2D eigenvalue weighted by molar-refractivity contribution is 0.0408. The normalized spacial score (nSPS) is 20.7. The molecule has 1 aliphatic carbocycles. The zero-order valence-corrected chi connectivity index (χ0v) is 10.1. The van der Waals surface area contributed by atoms with Crippen LogP contribution in [0, 0.1) is 5.41 Å². The average molecular weight is 220 g/mol. The molecule has 16 heavy (non-hydrogen) atoms. The molecule has 0 heterocycles. The van der Waals surface area contributed by atoms with E-state index in [2.05, 4.69) is 6.92 Å². The van der Waals surface area contributed by atoms with Crippen LogP contribution in [0.1, 0.15) is 44.3 Å². The van der Waals surface area contributed by atoms with E-state index in [0.717, 1.165) is 24.2 Å². The summed E-state index contributed by atoms with van der Waals surface area (Å²) in [4.78, 5) is 0. The monoisotopic (exact) mass is 220 g/mol. The zero-order chi connectivity index (χ0) is 11.6. The summed E-state index contributed by atoms with van der Waals surface area (Å²) in [7, 11) is 1.66. The van der Waals surface area contributed by atoms with E-state index in [0.29, 0.717) is 0 Å². The molecule has 0 bridgehead atoms. The summed E-state index contributed by atoms with van der Waals surface area (Å²) in [5.41, 5.74) is 1.07. The Kier molecular flexibility index (Phi) is 3.20. The summed E-state index contributed by atoms with van der Waals surface area (Å²) in [6.07, 6.45) is 4.38. The lowest BCUT2D eigenvalue weighted by Crippen LogP contribution is -2.21. The zero-order valence-electron chi connectivity index (χ0n) is 10.1. The summed E-state index contributed by atoms with van der Waals surface area (Å²) < 4.78 is 5.12. The van der Waals surface area contributed by atoms with E-state index < -0.39 is 0 Å². The Morgan fingerprint density at radius 1 is 1.19 bits per heavy atom. The van der Waals surface area contributed by atoms with Gasteiger partial charge in [0.1, 0.15) is 5.75 Å². The molecule has 0 aliphatic heterocycles. The number of rotatable bonds is 3. The highest BCUT2D eigenvalue weighted by atomic mass is 16.5. The van der Waals surface area contributed by atoms with Crippen molar-refractivity contribution in [1.29, 1.82) is 0 Å². The fourth-order valence-corrected chi connectivity index (χ4v) is 2.64. The first-order valence-corrected chi connectivity index (χ1v) is 5.98. The second-order valence-electron chi connectivity index (χ2n) is 5.04. The molecule has 1 saturated carbocycles. The van der Waals surface area contributed by atoms with Crippen LogP contribution in [-0.2, 0) is 0 Å². The average Bonchev–Trinajstić information content (AvgIpc) is 2.77. The minimum Gasteiger partial charge on any atom is -0.497 e. The van der Waals surface area contributed by atoms with Crippen LogP contribution in [0.5, 0.6) is 5.75 Å². The maximum atomic E-state index is 10.4. The Morgan fingerprint density at radius 3 is 2.25 bits per heavy atom. The molecule has 0 amide bonds. The highest BCUT2D eigenvalue weighted by Gasteiger charge is 2.36. The number of methoxy groups -OCH3 is 1. The Labute approximate surface area is 97.3 Å². The van der Waals surface area contributed by atoms with Gasteiger partial charge in [-0.2, -0.15) is 0 Å². The number of benzene rings is 1. The van der Waals surface area contributed by atoms with Crippen LogP contribution in [0.25, 0.3) is 0 Å². The summed E-state index contributed by atoms with van der Waals surface area (Å²) in [5.74, 6) is 0.840. The predicted octanol–water partition coefficient (Wildman–Crippen LogP) is 3.31. The van der Waals surface area contributed by atoms with Crippen molar-refractivity contribution in [2.24, 2.45) is 5.41 Å². The van der Waals surface area contributed by atoms with Gasteiger partial charge in [-0.15, -0.1) is 0 Å². The number of ether oxygens (including phenoxy) is 1. The SMILES string of the molecule is COc1ccc(C(O)C2(C)CCCC2)cc1. The van der Waals surface area contributed by atoms with Gasteiger partial charge in [0.2, 0.25) is 0 Å². The number of hydrogen-bond donors (Lipinski definition) is 1. The molecular weight excluding hydrogens is 200 g/mol. The molecular formula is C14H20O2. The highest BCUT2D eigenvalue weighted by molar-refractivity contribution is 5.29. The van der Waals surface area contributed by atoms with Gasteiger partial charge in [0.15, 0.2) is 0 Å². The maximum Gasteiger partial charge on any atom is 0.118 e. The van der Waals surface area contributed by atoms with Gasteiger partial charge in [-0.25, -0.2) is 0 Å². The molecule has 88 valence electrons. The summed E-state index contributed by atoms with van der Waals surface area (Å²) in [6.45, 7) is 2.19. The third-order valence-corrected chi connectivity index (χ3v) is 3.84. The molecule has 1 aromatic rings. The fraction of sp³-hybridized carbons (Fsp3) is 0.571. The van der Waals surface area contributed by atoms with E-state index in [1.165, 1.54) is 12.8 Å². The van der Waals surface area contributed by atoms with Crippen molar-refractivity contribution in [3.63, 3.8) is 0 Å². The Hall–Kier alpha value is -1.02. The number of aliphatic hydroxyl groups excluding tert-OH is 1. The van der Waals surface area contributed by atoms with Crippen LogP contribution in [0.3, 0.4) is 0 Å². The molecule has 1 atom stereocenters. The Bertz CT molecular complexity index is 336. The van der Waals surface area contributed by atoms with Gasteiger partial charge in [-0.05, 0) is 36.0 Å². The summed E-state index contributed by atoms with van der Waals surface area (Å²) >= 11 is 0. The standard InChI is InChI=1S/C14H20O2/c1-14(9-3-4-10-14)13(15)11-5-7-12(16-2)8-6-11/h5-8,13,15H,3-4,9-10H2,1-2H3. The number of hydrogen-bond acceptors (Lipinski definition) is 2. The molecule has 0 aromatic heterocycles. The van der Waals surface area contributed by atoms with Crippen molar-refractivity contribution in [2.45, 2.75) is 38.7 Å². The van der Waals surface area contributed by atoms with Gasteiger partial charge in [-0.1, -0.05) is 31.9 Å². The first-order valence-electron chi connectivity index (χ1n) is 5.98. The fourth-order valence-electron chi connectivity index (χ4n) is 2.64. The molecule has 2 heteroatoms. The maximum absolute atomic E-state index is 10.4. The molecule has 1 fully saturated rings. The van der Waals surface area contributed by atoms with Crippen LogP contribution in [-0.4, -0.2) is 12.2 Å². The van der Waals surface area contributed by atoms with E-state index in [1.807, 2.05) is 24.3 Å². The summed E-state index contributed by atoms with van der Waals surface area (Å²) in [6, 6.07) is 7.76. The van der Waals surface area contributed by atoms with Gasteiger partial charge in [0.05, 0.1) is 13.2 Å². The summed E-state index contributed by atoms with van der Waals surface area (Å²) in [5, 5.41) is 10.4. The second kappa shape index (κ2) is 4.46. The first kappa shape index (κ1) is 11.5. The molecule has 0 spiro atoms. The van der Waals surface area contributed by atoms with Crippen molar-refractivity contribution >= 4 is 0 Å². The molecule has 2 rings (SSSR count). The molecule has 1 N–H and O–H groups in total. The molecule has 2 nitrogen and oxygen atoms in total. The molecule has 0 radical (unpaired) electrons. The quantitative estimate of drug-likeness (QED) is 0.846. The first-order chi connectivity index (χ1) is 7.65. The molecule has 1 aliphatic rings. The molecule has 1 unspecified atom stereocenters. The Morgan fingerprint density at radius 2 is 1.75 bits per heavy atom. The van der Waals surface area contributed by atoms with E-state index in [-0.39, 0.29) is 11.5 Å². The van der Waals surface area contributed by atoms with Gasteiger partial charge in [-0.3, -0.25) is 0 Å². The van der Waals surface area contributed by atoms with E-state index >= 15 is 0 Å². The lowest BCUT2D eigenvalue weighted by atomic mass is 9.79. The van der Waals surface area contributed by atoms with Crippen molar-refractivity contribution in [3.8, 4) is 5.75 Å². The van der Waals surface area contributed by atoms with E-state index in [4.69, 9.17) is 4.74 Å². The minimum atomic E-state index is -0.346. The minimum absolute atomic E-state index is 0.0641. The molecule has 0 saturated heterocycles. The van der Waals surface area contributed by atoms with Gasteiger partial charge >= 0.3 is 0 Å². The third-order valence-electron chi connectivity index (χ3n) is 3.84. The Balaban J connectivity index is 2.16. The van der Waals surface area contributed by atoms with E-state index in [1.54, 1.807) is 7.11 Å². The van der Waals surface area contributed by atoms with Gasteiger partial charge in [0.25, 0.3) is 0 Å². The van der Waals surface area contributed by atoms with Crippen molar-refractivity contribution in [1.82, 2.24) is 0 Å². The molecule has 1 aromatic carbocycles. The number of aliphatic hydroxyl groups is 1.